The lowest BCUT2D eigenvalue weighted by molar-refractivity contribution is -0.0963. The average molecular weight is 298 g/mol. The Morgan fingerprint density at radius 2 is 2.00 bits per heavy atom. The zero-order chi connectivity index (χ0) is 15.4. The zero-order valence-electron chi connectivity index (χ0n) is 12.9. The highest BCUT2D eigenvalue weighted by Crippen LogP contribution is 2.30. The van der Waals surface area contributed by atoms with Gasteiger partial charge in [-0.1, -0.05) is 36.4 Å². The van der Waals surface area contributed by atoms with Crippen molar-refractivity contribution in [2.75, 3.05) is 19.8 Å². The van der Waals surface area contributed by atoms with Gasteiger partial charge in [0.25, 0.3) is 0 Å². The molecule has 1 aliphatic rings. The number of nitrogens with zero attached hydrogens (tertiary/aromatic N) is 2. The van der Waals surface area contributed by atoms with Crippen LogP contribution in [0.5, 0.6) is 0 Å². The summed E-state index contributed by atoms with van der Waals surface area (Å²) in [6.07, 6.45) is -0.194. The van der Waals surface area contributed by atoms with Crippen molar-refractivity contribution in [2.45, 2.75) is 25.6 Å². The molecule has 0 amide bonds. The Kier molecular flexibility index (Phi) is 4.83. The quantitative estimate of drug-likeness (QED) is 0.941. The van der Waals surface area contributed by atoms with Gasteiger partial charge in [-0.3, -0.25) is 9.88 Å². The van der Waals surface area contributed by atoms with Crippen molar-refractivity contribution in [2.24, 2.45) is 0 Å². The van der Waals surface area contributed by atoms with Crippen LogP contribution in [0.15, 0.2) is 48.5 Å². The molecule has 0 bridgehead atoms. The standard InChI is InChI=1S/C18H22N2O2/c1-14-6-5-9-16(19-14)12-20-10-11-22-17(13-21)18(20)15-7-3-2-4-8-15/h2-9,17-18,21H,10-13H2,1H3/t17-,18-/m1/s1. The van der Waals surface area contributed by atoms with Gasteiger partial charge in [0.15, 0.2) is 0 Å². The van der Waals surface area contributed by atoms with E-state index in [0.29, 0.717) is 6.61 Å². The highest BCUT2D eigenvalue weighted by atomic mass is 16.5. The maximum atomic E-state index is 9.68. The van der Waals surface area contributed by atoms with Crippen molar-refractivity contribution in [3.05, 3.63) is 65.5 Å². The second-order valence-corrected chi connectivity index (χ2v) is 5.69. The van der Waals surface area contributed by atoms with Crippen molar-refractivity contribution in [3.8, 4) is 0 Å². The highest BCUT2D eigenvalue weighted by Gasteiger charge is 2.33. The van der Waals surface area contributed by atoms with Gasteiger partial charge in [-0.2, -0.15) is 0 Å². The van der Waals surface area contributed by atoms with E-state index in [0.717, 1.165) is 24.5 Å². The summed E-state index contributed by atoms with van der Waals surface area (Å²) in [5, 5.41) is 9.68. The van der Waals surface area contributed by atoms with E-state index in [-0.39, 0.29) is 18.8 Å². The molecule has 3 rings (SSSR count). The van der Waals surface area contributed by atoms with E-state index >= 15 is 0 Å². The van der Waals surface area contributed by atoms with E-state index in [4.69, 9.17) is 4.74 Å². The van der Waals surface area contributed by atoms with Crippen molar-refractivity contribution in [1.29, 1.82) is 0 Å². The van der Waals surface area contributed by atoms with Gasteiger partial charge < -0.3 is 9.84 Å². The minimum atomic E-state index is -0.194. The zero-order valence-corrected chi connectivity index (χ0v) is 12.9. The summed E-state index contributed by atoms with van der Waals surface area (Å²) in [7, 11) is 0. The molecule has 4 nitrogen and oxygen atoms in total. The lowest BCUT2D eigenvalue weighted by Crippen LogP contribution is -2.46. The van der Waals surface area contributed by atoms with Crippen LogP contribution in [0.1, 0.15) is 23.0 Å². The Hall–Kier alpha value is -1.75. The SMILES string of the molecule is Cc1cccc(CN2CCO[C@H](CO)[C@H]2c2ccccc2)n1. The Morgan fingerprint density at radius 1 is 1.18 bits per heavy atom. The van der Waals surface area contributed by atoms with E-state index in [1.807, 2.05) is 37.3 Å². The van der Waals surface area contributed by atoms with Crippen molar-refractivity contribution < 1.29 is 9.84 Å². The first-order valence-corrected chi connectivity index (χ1v) is 7.72. The van der Waals surface area contributed by atoms with E-state index in [2.05, 4.69) is 28.1 Å². The number of aromatic nitrogens is 1. The number of pyridine rings is 1. The largest absolute Gasteiger partial charge is 0.394 e. The first-order valence-electron chi connectivity index (χ1n) is 7.72. The minimum absolute atomic E-state index is 0.0251. The van der Waals surface area contributed by atoms with Crippen LogP contribution in [-0.4, -0.2) is 40.9 Å². The molecule has 4 heteroatoms. The molecule has 1 aromatic heterocycles. The molecular weight excluding hydrogens is 276 g/mol. The van der Waals surface area contributed by atoms with Gasteiger partial charge >= 0.3 is 0 Å². The first-order chi connectivity index (χ1) is 10.8. The molecule has 0 aliphatic carbocycles. The van der Waals surface area contributed by atoms with Crippen LogP contribution in [0, 0.1) is 6.92 Å². The number of ether oxygens (including phenoxy) is 1. The molecule has 2 heterocycles. The lowest BCUT2D eigenvalue weighted by atomic mass is 9.98. The number of rotatable bonds is 4. The van der Waals surface area contributed by atoms with Crippen LogP contribution in [0.4, 0.5) is 0 Å². The summed E-state index contributed by atoms with van der Waals surface area (Å²) in [4.78, 5) is 6.95. The third-order valence-corrected chi connectivity index (χ3v) is 4.09. The smallest absolute Gasteiger partial charge is 0.100 e. The van der Waals surface area contributed by atoms with Crippen LogP contribution in [0.2, 0.25) is 0 Å². The summed E-state index contributed by atoms with van der Waals surface area (Å²) in [5.41, 5.74) is 3.26. The first kappa shape index (κ1) is 15.2. The maximum absolute atomic E-state index is 9.68. The average Bonchev–Trinajstić information content (AvgIpc) is 2.55. The van der Waals surface area contributed by atoms with Gasteiger partial charge in [0.1, 0.15) is 6.10 Å². The Labute approximate surface area is 131 Å². The fourth-order valence-electron chi connectivity index (χ4n) is 3.09. The number of hydrogen-bond donors (Lipinski definition) is 1. The molecule has 116 valence electrons. The number of aliphatic hydroxyl groups excluding tert-OH is 1. The number of morpholine rings is 1. The van der Waals surface area contributed by atoms with Crippen LogP contribution >= 0.6 is 0 Å². The van der Waals surface area contributed by atoms with E-state index in [1.54, 1.807) is 0 Å². The fourth-order valence-corrected chi connectivity index (χ4v) is 3.09. The topological polar surface area (TPSA) is 45.6 Å². The molecule has 0 unspecified atom stereocenters. The number of hydrogen-bond acceptors (Lipinski definition) is 4. The predicted molar refractivity (Wildman–Crippen MR) is 85.4 cm³/mol. The molecule has 1 N–H and O–H groups in total. The Morgan fingerprint density at radius 3 is 2.73 bits per heavy atom. The summed E-state index contributed by atoms with van der Waals surface area (Å²) in [6.45, 7) is 4.28. The van der Waals surface area contributed by atoms with Gasteiger partial charge in [0.2, 0.25) is 0 Å². The molecule has 0 radical (unpaired) electrons. The summed E-state index contributed by atoms with van der Waals surface area (Å²) in [5.74, 6) is 0. The molecular formula is C18H22N2O2. The molecule has 1 aliphatic heterocycles. The number of aliphatic hydroxyl groups is 1. The van der Waals surface area contributed by atoms with E-state index < -0.39 is 0 Å². The third kappa shape index (κ3) is 3.35. The van der Waals surface area contributed by atoms with Crippen LogP contribution in [0.3, 0.4) is 0 Å². The van der Waals surface area contributed by atoms with E-state index in [1.165, 1.54) is 5.56 Å². The summed E-state index contributed by atoms with van der Waals surface area (Å²) >= 11 is 0. The molecule has 1 saturated heterocycles. The molecule has 2 atom stereocenters. The minimum Gasteiger partial charge on any atom is -0.394 e. The summed E-state index contributed by atoms with van der Waals surface area (Å²) < 4.78 is 5.77. The molecule has 0 spiro atoms. The third-order valence-electron chi connectivity index (χ3n) is 4.09. The molecule has 2 aromatic rings. The maximum Gasteiger partial charge on any atom is 0.100 e. The number of aryl methyl sites for hydroxylation is 1. The van der Waals surface area contributed by atoms with Crippen molar-refractivity contribution in [3.63, 3.8) is 0 Å². The van der Waals surface area contributed by atoms with Crippen LogP contribution in [-0.2, 0) is 11.3 Å². The van der Waals surface area contributed by atoms with Crippen molar-refractivity contribution in [1.82, 2.24) is 9.88 Å². The highest BCUT2D eigenvalue weighted by molar-refractivity contribution is 5.21. The molecule has 22 heavy (non-hydrogen) atoms. The van der Waals surface area contributed by atoms with Crippen molar-refractivity contribution >= 4 is 0 Å². The van der Waals surface area contributed by atoms with Gasteiger partial charge in [-0.05, 0) is 24.6 Å². The summed E-state index contributed by atoms with van der Waals surface area (Å²) in [6, 6.07) is 16.4. The fraction of sp³-hybridized carbons (Fsp3) is 0.389. The normalized spacial score (nSPS) is 22.6. The van der Waals surface area contributed by atoms with Gasteiger partial charge in [0.05, 0.1) is 24.9 Å². The Balaban J connectivity index is 1.86. The van der Waals surface area contributed by atoms with E-state index in [9.17, 15) is 5.11 Å². The second-order valence-electron chi connectivity index (χ2n) is 5.69. The monoisotopic (exact) mass is 298 g/mol. The second kappa shape index (κ2) is 7.01. The molecule has 1 fully saturated rings. The molecule has 0 saturated carbocycles. The van der Waals surface area contributed by atoms with Crippen LogP contribution in [0.25, 0.3) is 0 Å². The Bertz CT molecular complexity index is 603. The van der Waals surface area contributed by atoms with Gasteiger partial charge in [0, 0.05) is 18.8 Å². The van der Waals surface area contributed by atoms with Gasteiger partial charge in [-0.15, -0.1) is 0 Å². The lowest BCUT2D eigenvalue weighted by Gasteiger charge is -2.40. The predicted octanol–water partition coefficient (Wildman–Crippen LogP) is 2.32. The van der Waals surface area contributed by atoms with Crippen LogP contribution < -0.4 is 0 Å². The van der Waals surface area contributed by atoms with Gasteiger partial charge in [-0.25, -0.2) is 0 Å². The molecule has 1 aromatic carbocycles. The number of benzene rings is 1.